The van der Waals surface area contributed by atoms with Crippen molar-refractivity contribution in [1.29, 1.82) is 0 Å². The topological polar surface area (TPSA) is 132 Å². The first-order valence-electron chi connectivity index (χ1n) is 7.22. The highest BCUT2D eigenvalue weighted by molar-refractivity contribution is 5.88. The van der Waals surface area contributed by atoms with Crippen LogP contribution in [0.3, 0.4) is 0 Å². The standard InChI is InChI=1S/C14H19N3O5/c18-12(9-3-1-2-4-10(9)13(19)20)17-11(14(21)22)5-8-6-15-7-16-8/h6-7,9-11H,1-5H2,(H,15,16)(H,17,18)(H,19,20)(H,21,22)/t9-,10+,11+/m1/s1. The number of nitrogens with zero attached hydrogens (tertiary/aromatic N) is 1. The Bertz CT molecular complexity index is 543. The minimum atomic E-state index is -1.16. The van der Waals surface area contributed by atoms with Crippen molar-refractivity contribution >= 4 is 17.8 Å². The first kappa shape index (κ1) is 16.0. The molecule has 22 heavy (non-hydrogen) atoms. The molecule has 0 bridgehead atoms. The summed E-state index contributed by atoms with van der Waals surface area (Å²) in [6.07, 6.45) is 5.47. The molecule has 0 spiro atoms. The molecule has 3 atom stereocenters. The van der Waals surface area contributed by atoms with E-state index in [1.807, 2.05) is 0 Å². The van der Waals surface area contributed by atoms with E-state index in [1.165, 1.54) is 12.5 Å². The average molecular weight is 309 g/mol. The number of aromatic amines is 1. The molecule has 1 aliphatic rings. The number of amides is 1. The predicted octanol–water partition coefficient (Wildman–Crippen LogP) is 0.413. The average Bonchev–Trinajstić information content (AvgIpc) is 2.99. The molecule has 1 fully saturated rings. The summed E-state index contributed by atoms with van der Waals surface area (Å²) in [7, 11) is 0. The number of hydrogen-bond acceptors (Lipinski definition) is 4. The lowest BCUT2D eigenvalue weighted by Gasteiger charge is -2.28. The van der Waals surface area contributed by atoms with E-state index in [0.29, 0.717) is 18.5 Å². The van der Waals surface area contributed by atoms with Gasteiger partial charge in [0, 0.05) is 18.3 Å². The van der Waals surface area contributed by atoms with Gasteiger partial charge in [-0.3, -0.25) is 9.59 Å². The zero-order chi connectivity index (χ0) is 16.1. The van der Waals surface area contributed by atoms with E-state index in [2.05, 4.69) is 15.3 Å². The number of aromatic nitrogens is 2. The molecule has 0 aliphatic heterocycles. The molecule has 0 radical (unpaired) electrons. The van der Waals surface area contributed by atoms with E-state index < -0.39 is 35.7 Å². The number of aliphatic carboxylic acids is 2. The molecule has 8 heteroatoms. The normalized spacial score (nSPS) is 22.7. The Labute approximate surface area is 126 Å². The number of carboxylic acid groups (broad SMARTS) is 2. The van der Waals surface area contributed by atoms with Crippen molar-refractivity contribution < 1.29 is 24.6 Å². The molecule has 0 saturated heterocycles. The lowest BCUT2D eigenvalue weighted by Crippen LogP contribution is -2.48. The van der Waals surface area contributed by atoms with Crippen LogP contribution in [0.15, 0.2) is 12.5 Å². The lowest BCUT2D eigenvalue weighted by molar-refractivity contribution is -0.150. The van der Waals surface area contributed by atoms with Crippen molar-refractivity contribution in [1.82, 2.24) is 15.3 Å². The molecular formula is C14H19N3O5. The summed E-state index contributed by atoms with van der Waals surface area (Å²) >= 11 is 0. The van der Waals surface area contributed by atoms with Gasteiger partial charge in [-0.15, -0.1) is 0 Å². The molecule has 120 valence electrons. The van der Waals surface area contributed by atoms with E-state index in [0.717, 1.165) is 12.8 Å². The van der Waals surface area contributed by atoms with Crippen LogP contribution in [0, 0.1) is 11.8 Å². The third-order valence-electron chi connectivity index (χ3n) is 4.01. The summed E-state index contributed by atoms with van der Waals surface area (Å²) in [5.74, 6) is -4.07. The second-order valence-electron chi connectivity index (χ2n) is 5.52. The van der Waals surface area contributed by atoms with Gasteiger partial charge in [0.15, 0.2) is 0 Å². The highest BCUT2D eigenvalue weighted by atomic mass is 16.4. The van der Waals surface area contributed by atoms with Gasteiger partial charge in [0.2, 0.25) is 5.91 Å². The Morgan fingerprint density at radius 1 is 1.27 bits per heavy atom. The minimum absolute atomic E-state index is 0.0749. The van der Waals surface area contributed by atoms with Gasteiger partial charge >= 0.3 is 11.9 Å². The van der Waals surface area contributed by atoms with Gasteiger partial charge in [0.05, 0.1) is 18.2 Å². The van der Waals surface area contributed by atoms with Crippen molar-refractivity contribution in [2.45, 2.75) is 38.1 Å². The van der Waals surface area contributed by atoms with Crippen LogP contribution >= 0.6 is 0 Å². The number of nitrogens with one attached hydrogen (secondary N) is 2. The summed E-state index contributed by atoms with van der Waals surface area (Å²) in [5, 5.41) is 20.9. The van der Waals surface area contributed by atoms with Crippen molar-refractivity contribution in [3.63, 3.8) is 0 Å². The van der Waals surface area contributed by atoms with Crippen LogP contribution in [-0.4, -0.2) is 44.1 Å². The third-order valence-corrected chi connectivity index (χ3v) is 4.01. The minimum Gasteiger partial charge on any atom is -0.481 e. The van der Waals surface area contributed by atoms with Crippen LogP contribution in [-0.2, 0) is 20.8 Å². The van der Waals surface area contributed by atoms with Crippen LogP contribution < -0.4 is 5.32 Å². The molecule has 1 aromatic heterocycles. The quantitative estimate of drug-likeness (QED) is 0.601. The smallest absolute Gasteiger partial charge is 0.326 e. The van der Waals surface area contributed by atoms with Gasteiger partial charge in [-0.2, -0.15) is 0 Å². The predicted molar refractivity (Wildman–Crippen MR) is 74.9 cm³/mol. The molecule has 1 aliphatic carbocycles. The number of hydrogen-bond donors (Lipinski definition) is 4. The van der Waals surface area contributed by atoms with Crippen molar-refractivity contribution in [3.8, 4) is 0 Å². The molecule has 2 rings (SSSR count). The third kappa shape index (κ3) is 3.84. The molecule has 1 aromatic rings. The molecular weight excluding hydrogens is 290 g/mol. The van der Waals surface area contributed by atoms with Crippen molar-refractivity contribution in [2.24, 2.45) is 11.8 Å². The Hall–Kier alpha value is -2.38. The lowest BCUT2D eigenvalue weighted by atomic mass is 9.78. The SMILES string of the molecule is O=C(O)[C@H](Cc1cnc[nH]1)NC(=O)[C@@H]1CCCC[C@@H]1C(=O)O. The molecule has 1 heterocycles. The number of H-pyrrole nitrogens is 1. The first-order chi connectivity index (χ1) is 10.5. The molecule has 8 nitrogen and oxygen atoms in total. The summed E-state index contributed by atoms with van der Waals surface area (Å²) in [6.45, 7) is 0. The number of carbonyl (C=O) groups excluding carboxylic acids is 1. The van der Waals surface area contributed by atoms with E-state index in [9.17, 15) is 24.6 Å². The second kappa shape index (κ2) is 7.06. The molecule has 1 amide bonds. The second-order valence-corrected chi connectivity index (χ2v) is 5.52. The maximum Gasteiger partial charge on any atom is 0.326 e. The van der Waals surface area contributed by atoms with Gasteiger partial charge in [-0.05, 0) is 12.8 Å². The van der Waals surface area contributed by atoms with Gasteiger partial charge in [-0.1, -0.05) is 12.8 Å². The Kier molecular flexibility index (Phi) is 5.13. The van der Waals surface area contributed by atoms with Crippen molar-refractivity contribution in [2.75, 3.05) is 0 Å². The van der Waals surface area contributed by atoms with E-state index in [1.54, 1.807) is 0 Å². The number of imidazole rings is 1. The number of carbonyl (C=O) groups is 3. The van der Waals surface area contributed by atoms with Gasteiger partial charge in [0.1, 0.15) is 6.04 Å². The number of carboxylic acids is 2. The summed E-state index contributed by atoms with van der Waals surface area (Å²) in [4.78, 5) is 41.4. The van der Waals surface area contributed by atoms with Crippen LogP contribution in [0.4, 0.5) is 0 Å². The van der Waals surface area contributed by atoms with E-state index >= 15 is 0 Å². The molecule has 0 aromatic carbocycles. The molecule has 1 saturated carbocycles. The largest absolute Gasteiger partial charge is 0.481 e. The molecule has 0 unspecified atom stereocenters. The van der Waals surface area contributed by atoms with Gasteiger partial charge < -0.3 is 20.5 Å². The fourth-order valence-electron chi connectivity index (χ4n) is 2.84. The monoisotopic (exact) mass is 309 g/mol. The highest BCUT2D eigenvalue weighted by Crippen LogP contribution is 2.30. The zero-order valence-corrected chi connectivity index (χ0v) is 12.0. The molecule has 4 N–H and O–H groups in total. The van der Waals surface area contributed by atoms with Crippen LogP contribution in [0.1, 0.15) is 31.4 Å². The van der Waals surface area contributed by atoms with Crippen LogP contribution in [0.5, 0.6) is 0 Å². The summed E-state index contributed by atoms with van der Waals surface area (Å²) < 4.78 is 0. The number of rotatable bonds is 6. The maximum atomic E-state index is 12.3. The zero-order valence-electron chi connectivity index (χ0n) is 12.0. The Balaban J connectivity index is 2.03. The van der Waals surface area contributed by atoms with E-state index in [-0.39, 0.29) is 6.42 Å². The first-order valence-corrected chi connectivity index (χ1v) is 7.22. The highest BCUT2D eigenvalue weighted by Gasteiger charge is 2.37. The van der Waals surface area contributed by atoms with Crippen LogP contribution in [0.2, 0.25) is 0 Å². The maximum absolute atomic E-state index is 12.3. The summed E-state index contributed by atoms with van der Waals surface area (Å²) in [5.41, 5.74) is 0.589. The van der Waals surface area contributed by atoms with Gasteiger partial charge in [0.25, 0.3) is 0 Å². The Morgan fingerprint density at radius 2 is 1.95 bits per heavy atom. The fraction of sp³-hybridized carbons (Fsp3) is 0.571. The van der Waals surface area contributed by atoms with Gasteiger partial charge in [-0.25, -0.2) is 9.78 Å². The fourth-order valence-corrected chi connectivity index (χ4v) is 2.84. The van der Waals surface area contributed by atoms with E-state index in [4.69, 9.17) is 0 Å². The van der Waals surface area contributed by atoms with Crippen molar-refractivity contribution in [3.05, 3.63) is 18.2 Å². The van der Waals surface area contributed by atoms with Crippen LogP contribution in [0.25, 0.3) is 0 Å². The summed E-state index contributed by atoms with van der Waals surface area (Å²) in [6, 6.07) is -1.11. The Morgan fingerprint density at radius 3 is 2.50 bits per heavy atom.